The number of amides is 1. The van der Waals surface area contributed by atoms with E-state index >= 15 is 0 Å². The van der Waals surface area contributed by atoms with Crippen LogP contribution in [0, 0.1) is 5.92 Å². The number of rotatable bonds is 4. The van der Waals surface area contributed by atoms with Crippen LogP contribution in [0.3, 0.4) is 0 Å². The van der Waals surface area contributed by atoms with Crippen LogP contribution in [0.15, 0.2) is 11.4 Å². The molecule has 0 aromatic carbocycles. The number of aryl methyl sites for hydroxylation is 1. The van der Waals surface area contributed by atoms with Gasteiger partial charge in [-0.25, -0.2) is 0 Å². The van der Waals surface area contributed by atoms with E-state index in [0.717, 1.165) is 44.9 Å². The number of hydrogen-bond acceptors (Lipinski definition) is 4. The highest BCUT2D eigenvalue weighted by Gasteiger charge is 2.34. The summed E-state index contributed by atoms with van der Waals surface area (Å²) in [5.74, 6) is 1.91. The van der Waals surface area contributed by atoms with Gasteiger partial charge in [0.25, 0.3) is 0 Å². The zero-order valence-corrected chi connectivity index (χ0v) is 13.5. The van der Waals surface area contributed by atoms with Crippen LogP contribution < -0.4 is 0 Å². The number of hydrogen-bond donors (Lipinski definition) is 0. The third-order valence-corrected chi connectivity index (χ3v) is 6.28. The van der Waals surface area contributed by atoms with Gasteiger partial charge in [0.15, 0.2) is 0 Å². The molecule has 2 aliphatic rings. The summed E-state index contributed by atoms with van der Waals surface area (Å²) in [6, 6.07) is 2.14. The predicted molar refractivity (Wildman–Crippen MR) is 84.4 cm³/mol. The second-order valence-corrected chi connectivity index (χ2v) is 7.61. The molecule has 1 aromatic rings. The Balaban J connectivity index is 1.63. The van der Waals surface area contributed by atoms with Crippen molar-refractivity contribution in [2.45, 2.75) is 25.0 Å². The van der Waals surface area contributed by atoms with E-state index < -0.39 is 0 Å². The van der Waals surface area contributed by atoms with Crippen molar-refractivity contribution in [2.24, 2.45) is 5.92 Å². The molecule has 20 heavy (non-hydrogen) atoms. The zero-order chi connectivity index (χ0) is 13.9. The maximum absolute atomic E-state index is 12.7. The van der Waals surface area contributed by atoms with Gasteiger partial charge in [0.1, 0.15) is 5.25 Å². The molecule has 3 nitrogen and oxygen atoms in total. The van der Waals surface area contributed by atoms with Crippen molar-refractivity contribution in [3.63, 3.8) is 0 Å². The average Bonchev–Trinajstić information content (AvgIpc) is 3.12. The van der Waals surface area contributed by atoms with E-state index in [0.29, 0.717) is 11.8 Å². The molecule has 0 radical (unpaired) electrons. The van der Waals surface area contributed by atoms with E-state index in [-0.39, 0.29) is 5.25 Å². The largest absolute Gasteiger partial charge is 0.381 e. The first-order valence-electron chi connectivity index (χ1n) is 7.34. The first kappa shape index (κ1) is 14.4. The van der Waals surface area contributed by atoms with Gasteiger partial charge in [-0.3, -0.25) is 4.79 Å². The molecule has 1 saturated heterocycles. The second-order valence-electron chi connectivity index (χ2n) is 5.40. The number of fused-ring (bicyclic) bond motifs is 1. The van der Waals surface area contributed by atoms with Gasteiger partial charge >= 0.3 is 0 Å². The Labute approximate surface area is 128 Å². The van der Waals surface area contributed by atoms with Crippen LogP contribution in [0.1, 0.15) is 29.0 Å². The van der Waals surface area contributed by atoms with E-state index in [2.05, 4.69) is 11.4 Å². The van der Waals surface area contributed by atoms with Gasteiger partial charge in [-0.15, -0.1) is 23.1 Å². The summed E-state index contributed by atoms with van der Waals surface area (Å²) in [5, 5.41) is 2.16. The minimum Gasteiger partial charge on any atom is -0.381 e. The summed E-state index contributed by atoms with van der Waals surface area (Å²) >= 11 is 3.61. The molecule has 3 heterocycles. The minimum atomic E-state index is 0.0378. The number of likely N-dealkylation sites (tertiary alicyclic amines) is 1. The van der Waals surface area contributed by atoms with Crippen LogP contribution in [-0.4, -0.2) is 42.9 Å². The lowest BCUT2D eigenvalue weighted by Crippen LogP contribution is -2.33. The summed E-state index contributed by atoms with van der Waals surface area (Å²) < 4.78 is 5.49. The molecule has 1 fully saturated rings. The Hall–Kier alpha value is -0.520. The Morgan fingerprint density at radius 1 is 1.55 bits per heavy atom. The second kappa shape index (κ2) is 6.50. The number of thiophene rings is 1. The van der Waals surface area contributed by atoms with Crippen molar-refractivity contribution < 1.29 is 9.53 Å². The highest BCUT2D eigenvalue weighted by molar-refractivity contribution is 8.00. The van der Waals surface area contributed by atoms with Crippen LogP contribution in [0.4, 0.5) is 0 Å². The summed E-state index contributed by atoms with van der Waals surface area (Å²) in [6.07, 6.45) is 2.20. The lowest BCUT2D eigenvalue weighted by molar-refractivity contribution is -0.129. The predicted octanol–water partition coefficient (Wildman–Crippen LogP) is 2.96. The van der Waals surface area contributed by atoms with Crippen LogP contribution >= 0.6 is 23.1 Å². The average molecular weight is 311 g/mol. The summed E-state index contributed by atoms with van der Waals surface area (Å²) in [5.41, 5.74) is 1.27. The van der Waals surface area contributed by atoms with Crippen molar-refractivity contribution in [3.8, 4) is 0 Å². The van der Waals surface area contributed by atoms with Gasteiger partial charge in [0.05, 0.1) is 6.61 Å². The van der Waals surface area contributed by atoms with Gasteiger partial charge in [0.2, 0.25) is 5.91 Å². The highest BCUT2D eigenvalue weighted by atomic mass is 32.2. The summed E-state index contributed by atoms with van der Waals surface area (Å²) in [7, 11) is 0. The standard InChI is InChI=1S/C15H21NO2S2/c1-2-18-10-11-3-6-16(9-11)15(17)14-12-4-7-19-13(12)5-8-20-14/h4,7,11,14H,2-3,5-6,8-10H2,1H3/t11-,14-/m1/s1. The minimum absolute atomic E-state index is 0.0378. The number of carbonyl (C=O) groups is 1. The maximum atomic E-state index is 12.7. The monoisotopic (exact) mass is 311 g/mol. The molecule has 0 saturated carbocycles. The Morgan fingerprint density at radius 3 is 3.30 bits per heavy atom. The maximum Gasteiger partial charge on any atom is 0.240 e. The van der Waals surface area contributed by atoms with E-state index in [1.807, 2.05) is 23.6 Å². The Bertz CT molecular complexity index is 474. The van der Waals surface area contributed by atoms with Crippen molar-refractivity contribution in [1.82, 2.24) is 4.90 Å². The summed E-state index contributed by atoms with van der Waals surface area (Å²) in [4.78, 5) is 16.2. The molecule has 110 valence electrons. The number of thioether (sulfide) groups is 1. The van der Waals surface area contributed by atoms with Gasteiger partial charge in [-0.1, -0.05) is 0 Å². The number of carbonyl (C=O) groups excluding carboxylic acids is 1. The van der Waals surface area contributed by atoms with Gasteiger partial charge in [-0.2, -0.15) is 0 Å². The van der Waals surface area contributed by atoms with Crippen LogP contribution in [-0.2, 0) is 16.0 Å². The quantitative estimate of drug-likeness (QED) is 0.856. The summed E-state index contributed by atoms with van der Waals surface area (Å²) in [6.45, 7) is 5.35. The topological polar surface area (TPSA) is 29.5 Å². The number of nitrogens with zero attached hydrogens (tertiary/aromatic N) is 1. The molecule has 3 rings (SSSR count). The zero-order valence-electron chi connectivity index (χ0n) is 11.8. The third-order valence-electron chi connectivity index (χ3n) is 4.06. The van der Waals surface area contributed by atoms with Crippen molar-refractivity contribution in [3.05, 3.63) is 21.9 Å². The molecule has 5 heteroatoms. The van der Waals surface area contributed by atoms with E-state index in [1.165, 1.54) is 10.4 Å². The van der Waals surface area contributed by atoms with Crippen molar-refractivity contribution >= 4 is 29.0 Å². The third kappa shape index (κ3) is 2.90. The van der Waals surface area contributed by atoms with Crippen LogP contribution in [0.25, 0.3) is 0 Å². The van der Waals surface area contributed by atoms with Crippen molar-refractivity contribution in [2.75, 3.05) is 32.1 Å². The molecule has 0 N–H and O–H groups in total. The molecule has 0 bridgehead atoms. The van der Waals surface area contributed by atoms with Gasteiger partial charge in [0, 0.05) is 30.5 Å². The normalized spacial score (nSPS) is 25.8. The Kier molecular flexibility index (Phi) is 4.68. The molecule has 0 spiro atoms. The molecule has 2 atom stereocenters. The molecule has 1 amide bonds. The first-order valence-corrected chi connectivity index (χ1v) is 9.26. The molecule has 2 aliphatic heterocycles. The highest BCUT2D eigenvalue weighted by Crippen LogP contribution is 2.41. The van der Waals surface area contributed by atoms with Gasteiger partial charge in [-0.05, 0) is 42.5 Å². The first-order chi connectivity index (χ1) is 9.79. The van der Waals surface area contributed by atoms with Crippen LogP contribution in [0.2, 0.25) is 0 Å². The van der Waals surface area contributed by atoms with E-state index in [9.17, 15) is 4.79 Å². The van der Waals surface area contributed by atoms with E-state index in [4.69, 9.17) is 4.74 Å². The van der Waals surface area contributed by atoms with Crippen molar-refractivity contribution in [1.29, 1.82) is 0 Å². The molecule has 0 unspecified atom stereocenters. The molecular weight excluding hydrogens is 290 g/mol. The Morgan fingerprint density at radius 2 is 2.45 bits per heavy atom. The fourth-order valence-corrected chi connectivity index (χ4v) is 5.34. The van der Waals surface area contributed by atoms with Crippen LogP contribution in [0.5, 0.6) is 0 Å². The molecule has 1 aromatic heterocycles. The lowest BCUT2D eigenvalue weighted by atomic mass is 10.1. The molecular formula is C15H21NO2S2. The lowest BCUT2D eigenvalue weighted by Gasteiger charge is -2.26. The van der Waals surface area contributed by atoms with Gasteiger partial charge < -0.3 is 9.64 Å². The van der Waals surface area contributed by atoms with E-state index in [1.54, 1.807) is 11.3 Å². The SMILES string of the molecule is CCOC[C@@H]1CCN(C(=O)[C@@H]2SCCc3sccc32)C1. The smallest absolute Gasteiger partial charge is 0.240 e. The number of ether oxygens (including phenoxy) is 1. The molecule has 0 aliphatic carbocycles. The fourth-order valence-electron chi connectivity index (χ4n) is 2.97. The fraction of sp³-hybridized carbons (Fsp3) is 0.667.